The molecule has 0 saturated heterocycles. The molecule has 15 heavy (non-hydrogen) atoms. The second kappa shape index (κ2) is 3.71. The zero-order valence-electron chi connectivity index (χ0n) is 7.48. The topological polar surface area (TPSA) is 82.8 Å². The Kier molecular flexibility index (Phi) is 2.54. The van der Waals surface area contributed by atoms with Crippen LogP contribution in [0.25, 0.3) is 11.4 Å². The molecule has 2 rings (SSSR count). The first kappa shape index (κ1) is 10.3. The molecular weight excluding hydrogens is 281 g/mol. The minimum Gasteiger partial charge on any atom is -0.366 e. The molecule has 0 spiro atoms. The van der Waals surface area contributed by atoms with Crippen molar-refractivity contribution in [2.45, 2.75) is 0 Å². The number of aromatic nitrogens is 3. The number of nitrogens with two attached hydrogens (primary N) is 2. The summed E-state index contributed by atoms with van der Waals surface area (Å²) in [5, 5.41) is 8.04. The van der Waals surface area contributed by atoms with E-state index in [9.17, 15) is 0 Å². The third kappa shape index (κ3) is 1.78. The molecule has 0 atom stereocenters. The summed E-state index contributed by atoms with van der Waals surface area (Å²) < 4.78 is 2.07. The summed E-state index contributed by atoms with van der Waals surface area (Å²) in [6.45, 7) is 0. The van der Waals surface area contributed by atoms with Gasteiger partial charge in [0.25, 0.3) is 0 Å². The van der Waals surface area contributed by atoms with Gasteiger partial charge in [-0.25, -0.2) is 4.68 Å². The Hall–Kier alpha value is -1.27. The van der Waals surface area contributed by atoms with Gasteiger partial charge < -0.3 is 11.6 Å². The Balaban J connectivity index is 2.63. The molecule has 1 aromatic carbocycles. The fourth-order valence-electron chi connectivity index (χ4n) is 1.16. The molecule has 0 aliphatic heterocycles. The quantitative estimate of drug-likeness (QED) is 0.782. The molecule has 0 unspecified atom stereocenters. The maximum absolute atomic E-state index is 6.01. The van der Waals surface area contributed by atoms with Gasteiger partial charge in [0.2, 0.25) is 5.95 Å². The average molecular weight is 289 g/mol. The number of nitrogens with zero attached hydrogens (tertiary/aromatic N) is 3. The fourth-order valence-corrected chi connectivity index (χ4v) is 1.72. The molecule has 78 valence electrons. The largest absolute Gasteiger partial charge is 0.366 e. The molecule has 2 aromatic rings. The van der Waals surface area contributed by atoms with Crippen molar-refractivity contribution in [2.75, 3.05) is 11.6 Å². The molecule has 0 saturated carbocycles. The van der Waals surface area contributed by atoms with Gasteiger partial charge in [0.15, 0.2) is 5.82 Å². The SMILES string of the molecule is Nc1nnc(-c2cc(Br)ccc2Cl)n1N. The van der Waals surface area contributed by atoms with Gasteiger partial charge in [0.1, 0.15) is 0 Å². The fraction of sp³-hybridized carbons (Fsp3) is 0. The van der Waals surface area contributed by atoms with Crippen LogP contribution in [0.2, 0.25) is 5.02 Å². The number of hydrogen-bond acceptors (Lipinski definition) is 4. The van der Waals surface area contributed by atoms with Gasteiger partial charge in [-0.1, -0.05) is 27.5 Å². The molecule has 7 heteroatoms. The van der Waals surface area contributed by atoms with Crippen LogP contribution in [-0.2, 0) is 0 Å². The van der Waals surface area contributed by atoms with E-state index < -0.39 is 0 Å². The van der Waals surface area contributed by atoms with Crippen LogP contribution in [0.1, 0.15) is 0 Å². The highest BCUT2D eigenvalue weighted by atomic mass is 79.9. The Labute approximate surface area is 99.1 Å². The van der Waals surface area contributed by atoms with Gasteiger partial charge in [-0.05, 0) is 18.2 Å². The van der Waals surface area contributed by atoms with E-state index in [0.717, 1.165) is 4.47 Å². The molecule has 0 aliphatic carbocycles. The van der Waals surface area contributed by atoms with Gasteiger partial charge in [0, 0.05) is 10.0 Å². The highest BCUT2D eigenvalue weighted by molar-refractivity contribution is 9.10. The van der Waals surface area contributed by atoms with Crippen molar-refractivity contribution in [3.63, 3.8) is 0 Å². The van der Waals surface area contributed by atoms with Gasteiger partial charge >= 0.3 is 0 Å². The summed E-state index contributed by atoms with van der Waals surface area (Å²) in [5.74, 6) is 6.22. The summed E-state index contributed by atoms with van der Waals surface area (Å²) in [4.78, 5) is 0. The summed E-state index contributed by atoms with van der Waals surface area (Å²) in [6, 6.07) is 5.37. The Morgan fingerprint density at radius 3 is 2.67 bits per heavy atom. The lowest BCUT2D eigenvalue weighted by Gasteiger charge is -2.04. The Morgan fingerprint density at radius 2 is 2.07 bits per heavy atom. The molecule has 5 nitrogen and oxygen atoms in total. The monoisotopic (exact) mass is 287 g/mol. The minimum atomic E-state index is 0.140. The van der Waals surface area contributed by atoms with Crippen LogP contribution in [0, 0.1) is 0 Å². The van der Waals surface area contributed by atoms with E-state index in [-0.39, 0.29) is 5.95 Å². The molecule has 0 amide bonds. The lowest BCUT2D eigenvalue weighted by Crippen LogP contribution is -2.13. The van der Waals surface area contributed by atoms with Gasteiger partial charge in [-0.3, -0.25) is 0 Å². The van der Waals surface area contributed by atoms with Crippen LogP contribution < -0.4 is 11.6 Å². The molecular formula is C8H7BrClN5. The van der Waals surface area contributed by atoms with Crippen LogP contribution in [0.4, 0.5) is 5.95 Å². The zero-order chi connectivity index (χ0) is 11.0. The summed E-state index contributed by atoms with van der Waals surface area (Å²) in [7, 11) is 0. The second-order valence-corrected chi connectivity index (χ2v) is 4.20. The molecule has 0 fully saturated rings. The number of anilines is 1. The highest BCUT2D eigenvalue weighted by Gasteiger charge is 2.12. The molecule has 0 aliphatic rings. The lowest BCUT2D eigenvalue weighted by atomic mass is 10.2. The summed E-state index contributed by atoms with van der Waals surface area (Å²) in [6.07, 6.45) is 0. The highest BCUT2D eigenvalue weighted by Crippen LogP contribution is 2.29. The standard InChI is InChI=1S/C8H7BrClN5/c9-4-1-2-6(10)5(3-4)7-13-14-8(11)15(7)12/h1-3H,12H2,(H2,11,14). The normalized spacial score (nSPS) is 10.5. The van der Waals surface area contributed by atoms with E-state index in [1.807, 2.05) is 6.07 Å². The van der Waals surface area contributed by atoms with E-state index >= 15 is 0 Å². The van der Waals surface area contributed by atoms with Crippen LogP contribution in [0.3, 0.4) is 0 Å². The Morgan fingerprint density at radius 1 is 1.33 bits per heavy atom. The van der Waals surface area contributed by atoms with Crippen molar-refractivity contribution in [3.8, 4) is 11.4 Å². The van der Waals surface area contributed by atoms with Crippen LogP contribution in [0.15, 0.2) is 22.7 Å². The molecule has 1 heterocycles. The van der Waals surface area contributed by atoms with Crippen molar-refractivity contribution < 1.29 is 0 Å². The van der Waals surface area contributed by atoms with E-state index in [4.69, 9.17) is 23.2 Å². The van der Waals surface area contributed by atoms with Crippen LogP contribution in [-0.4, -0.2) is 14.9 Å². The van der Waals surface area contributed by atoms with Crippen molar-refractivity contribution in [3.05, 3.63) is 27.7 Å². The molecule has 0 bridgehead atoms. The van der Waals surface area contributed by atoms with E-state index in [0.29, 0.717) is 16.4 Å². The van der Waals surface area contributed by atoms with Crippen molar-refractivity contribution in [2.24, 2.45) is 0 Å². The third-order valence-corrected chi connectivity index (χ3v) is 2.71. The van der Waals surface area contributed by atoms with Crippen LogP contribution in [0.5, 0.6) is 0 Å². The number of hydrogen-bond donors (Lipinski definition) is 2. The van der Waals surface area contributed by atoms with Crippen LogP contribution >= 0.6 is 27.5 Å². The molecule has 4 N–H and O–H groups in total. The maximum Gasteiger partial charge on any atom is 0.241 e. The summed E-state index contributed by atoms with van der Waals surface area (Å²) >= 11 is 9.35. The smallest absolute Gasteiger partial charge is 0.241 e. The maximum atomic E-state index is 6.01. The number of halogens is 2. The average Bonchev–Trinajstić information content (AvgIpc) is 2.52. The number of benzene rings is 1. The lowest BCUT2D eigenvalue weighted by molar-refractivity contribution is 1.02. The van der Waals surface area contributed by atoms with Crippen molar-refractivity contribution in [1.82, 2.24) is 14.9 Å². The minimum absolute atomic E-state index is 0.140. The van der Waals surface area contributed by atoms with E-state index in [1.165, 1.54) is 4.68 Å². The van der Waals surface area contributed by atoms with E-state index in [2.05, 4.69) is 26.1 Å². The first-order chi connectivity index (χ1) is 7.09. The predicted octanol–water partition coefficient (Wildman–Crippen LogP) is 1.66. The van der Waals surface area contributed by atoms with Gasteiger partial charge in [-0.2, -0.15) is 0 Å². The second-order valence-electron chi connectivity index (χ2n) is 2.88. The first-order valence-electron chi connectivity index (χ1n) is 4.01. The van der Waals surface area contributed by atoms with Gasteiger partial charge in [0.05, 0.1) is 5.02 Å². The van der Waals surface area contributed by atoms with Gasteiger partial charge in [-0.15, -0.1) is 10.2 Å². The van der Waals surface area contributed by atoms with Crippen molar-refractivity contribution in [1.29, 1.82) is 0 Å². The first-order valence-corrected chi connectivity index (χ1v) is 5.18. The molecule has 0 radical (unpaired) electrons. The predicted molar refractivity (Wildman–Crippen MR) is 62.7 cm³/mol. The van der Waals surface area contributed by atoms with Crippen molar-refractivity contribution >= 4 is 33.5 Å². The number of rotatable bonds is 1. The van der Waals surface area contributed by atoms with E-state index in [1.54, 1.807) is 12.1 Å². The molecule has 1 aromatic heterocycles. The zero-order valence-corrected chi connectivity index (χ0v) is 9.83. The Bertz CT molecular complexity index is 510. The summed E-state index contributed by atoms with van der Waals surface area (Å²) in [5.41, 5.74) is 6.15. The number of nitrogen functional groups attached to an aromatic ring is 2. The third-order valence-electron chi connectivity index (χ3n) is 1.89.